The van der Waals surface area contributed by atoms with Crippen LogP contribution in [-0.2, 0) is 4.79 Å². The average Bonchev–Trinajstić information content (AvgIpc) is 2.58. The molecule has 2 aromatic rings. The maximum atomic E-state index is 12.2. The van der Waals surface area contributed by atoms with Crippen molar-refractivity contribution in [1.29, 1.82) is 0 Å². The van der Waals surface area contributed by atoms with Gasteiger partial charge in [-0.2, -0.15) is 0 Å². The number of halogens is 2. The number of benzene rings is 2. The van der Waals surface area contributed by atoms with E-state index in [1.165, 1.54) is 6.07 Å². The first-order chi connectivity index (χ1) is 12.7. The third-order valence-corrected chi connectivity index (χ3v) is 4.05. The fourth-order valence-corrected chi connectivity index (χ4v) is 2.76. The quantitative estimate of drug-likeness (QED) is 0.521. The molecule has 1 unspecified atom stereocenters. The first kappa shape index (κ1) is 21.2. The second-order valence-corrected chi connectivity index (χ2v) is 7.04. The highest BCUT2D eigenvalue weighted by Crippen LogP contribution is 2.28. The molecule has 0 saturated heterocycles. The van der Waals surface area contributed by atoms with E-state index >= 15 is 0 Å². The van der Waals surface area contributed by atoms with Gasteiger partial charge in [-0.1, -0.05) is 23.2 Å². The number of hydrogen-bond acceptors (Lipinski definition) is 4. The molecule has 6 nitrogen and oxygen atoms in total. The minimum Gasteiger partial charge on any atom is -0.479 e. The van der Waals surface area contributed by atoms with E-state index in [-0.39, 0.29) is 10.2 Å². The van der Waals surface area contributed by atoms with E-state index in [9.17, 15) is 4.79 Å². The van der Waals surface area contributed by atoms with Gasteiger partial charge >= 0.3 is 0 Å². The van der Waals surface area contributed by atoms with Crippen LogP contribution in [0.5, 0.6) is 5.75 Å². The Bertz CT molecular complexity index is 863. The van der Waals surface area contributed by atoms with Gasteiger partial charge in [0.25, 0.3) is 5.91 Å². The molecule has 0 aliphatic carbocycles. The zero-order valence-electron chi connectivity index (χ0n) is 14.1. The molecule has 0 aliphatic heterocycles. The number of amides is 1. The van der Waals surface area contributed by atoms with E-state index in [4.69, 9.17) is 58.1 Å². The number of carbonyl (C=O) groups excluding carboxylic acids is 1. The lowest BCUT2D eigenvalue weighted by Gasteiger charge is -2.16. The van der Waals surface area contributed by atoms with Gasteiger partial charge < -0.3 is 21.1 Å². The Morgan fingerprint density at radius 3 is 2.22 bits per heavy atom. The van der Waals surface area contributed by atoms with E-state index in [0.717, 1.165) is 5.69 Å². The molecular formula is C17H16Cl2N4O2S2. The second-order valence-electron chi connectivity index (χ2n) is 5.34. The number of nitrogens with one attached hydrogen (secondary N) is 3. The fraction of sp³-hybridized carbons (Fsp3) is 0.118. The van der Waals surface area contributed by atoms with Crippen molar-refractivity contribution in [1.82, 2.24) is 5.32 Å². The average molecular weight is 443 g/mol. The molecule has 2 aromatic carbocycles. The van der Waals surface area contributed by atoms with Crippen LogP contribution in [0.3, 0.4) is 0 Å². The van der Waals surface area contributed by atoms with Crippen LogP contribution in [0.4, 0.5) is 11.4 Å². The third-order valence-electron chi connectivity index (χ3n) is 3.21. The number of hydrogen-bond donors (Lipinski definition) is 4. The highest BCUT2D eigenvalue weighted by molar-refractivity contribution is 7.80. The molecule has 5 N–H and O–H groups in total. The zero-order chi connectivity index (χ0) is 20.0. The van der Waals surface area contributed by atoms with Gasteiger partial charge in [-0.3, -0.25) is 10.1 Å². The summed E-state index contributed by atoms with van der Waals surface area (Å²) in [5, 5.41) is 9.36. The van der Waals surface area contributed by atoms with Crippen LogP contribution < -0.4 is 26.4 Å². The van der Waals surface area contributed by atoms with Crippen LogP contribution >= 0.6 is 47.6 Å². The van der Waals surface area contributed by atoms with E-state index in [1.54, 1.807) is 43.3 Å². The van der Waals surface area contributed by atoms with Crippen molar-refractivity contribution in [3.63, 3.8) is 0 Å². The molecule has 1 amide bonds. The Balaban J connectivity index is 1.88. The largest absolute Gasteiger partial charge is 0.479 e. The van der Waals surface area contributed by atoms with E-state index < -0.39 is 12.0 Å². The van der Waals surface area contributed by atoms with Crippen LogP contribution in [0, 0.1) is 0 Å². The zero-order valence-corrected chi connectivity index (χ0v) is 17.2. The summed E-state index contributed by atoms with van der Waals surface area (Å²) >= 11 is 21.8. The van der Waals surface area contributed by atoms with Crippen LogP contribution in [-0.4, -0.2) is 22.2 Å². The van der Waals surface area contributed by atoms with Crippen molar-refractivity contribution >= 4 is 75.1 Å². The number of carbonyl (C=O) groups is 1. The number of thiocarbonyl (C=S) groups is 2. The summed E-state index contributed by atoms with van der Waals surface area (Å²) in [5.74, 6) is -0.0752. The normalized spacial score (nSPS) is 11.2. The molecular weight excluding hydrogens is 427 g/mol. The SMILES string of the molecule is CC(Oc1ccc(Cl)cc1Cl)C(=O)NC(=S)Nc1ccc(NC(N)=S)cc1. The lowest BCUT2D eigenvalue weighted by atomic mass is 10.3. The van der Waals surface area contributed by atoms with Crippen molar-refractivity contribution in [3.05, 3.63) is 52.5 Å². The molecule has 2 rings (SSSR count). The van der Waals surface area contributed by atoms with E-state index in [2.05, 4.69) is 16.0 Å². The molecule has 27 heavy (non-hydrogen) atoms. The smallest absolute Gasteiger partial charge is 0.266 e. The van der Waals surface area contributed by atoms with Crippen molar-refractivity contribution < 1.29 is 9.53 Å². The predicted molar refractivity (Wildman–Crippen MR) is 118 cm³/mol. The van der Waals surface area contributed by atoms with Crippen LogP contribution in [0.1, 0.15) is 6.92 Å². The number of ether oxygens (including phenoxy) is 1. The van der Waals surface area contributed by atoms with E-state index in [0.29, 0.717) is 21.5 Å². The molecule has 0 aliphatic rings. The van der Waals surface area contributed by atoms with Crippen LogP contribution in [0.2, 0.25) is 10.0 Å². The molecule has 0 saturated carbocycles. The monoisotopic (exact) mass is 442 g/mol. The summed E-state index contributed by atoms with van der Waals surface area (Å²) in [6.45, 7) is 1.58. The Kier molecular flexibility index (Phi) is 7.61. The Labute approximate surface area is 177 Å². The lowest BCUT2D eigenvalue weighted by Crippen LogP contribution is -2.42. The van der Waals surface area contributed by atoms with Gasteiger partial charge in [0.1, 0.15) is 5.75 Å². The number of nitrogens with two attached hydrogens (primary N) is 1. The summed E-state index contributed by atoms with van der Waals surface area (Å²) in [6.07, 6.45) is -0.819. The van der Waals surface area contributed by atoms with Crippen molar-refractivity contribution in [3.8, 4) is 5.75 Å². The van der Waals surface area contributed by atoms with Crippen LogP contribution in [0.15, 0.2) is 42.5 Å². The fourth-order valence-electron chi connectivity index (χ4n) is 1.97. The molecule has 0 bridgehead atoms. The summed E-state index contributed by atoms with van der Waals surface area (Å²) in [6, 6.07) is 11.8. The van der Waals surface area contributed by atoms with Crippen LogP contribution in [0.25, 0.3) is 0 Å². The topological polar surface area (TPSA) is 88.4 Å². The number of rotatable bonds is 5. The first-order valence-corrected chi connectivity index (χ1v) is 9.22. The first-order valence-electron chi connectivity index (χ1n) is 7.64. The predicted octanol–water partition coefficient (Wildman–Crippen LogP) is 3.93. The minimum absolute atomic E-state index is 0.132. The molecule has 0 aromatic heterocycles. The molecule has 0 radical (unpaired) electrons. The Hall–Kier alpha value is -2.13. The van der Waals surface area contributed by atoms with E-state index in [1.807, 2.05) is 0 Å². The summed E-state index contributed by atoms with van der Waals surface area (Å²) in [5.41, 5.74) is 6.83. The third kappa shape index (κ3) is 6.84. The summed E-state index contributed by atoms with van der Waals surface area (Å²) in [7, 11) is 0. The van der Waals surface area contributed by atoms with Gasteiger partial charge in [-0.15, -0.1) is 0 Å². The maximum Gasteiger partial charge on any atom is 0.266 e. The van der Waals surface area contributed by atoms with Gasteiger partial charge in [0.2, 0.25) is 0 Å². The highest BCUT2D eigenvalue weighted by Gasteiger charge is 2.17. The lowest BCUT2D eigenvalue weighted by molar-refractivity contribution is -0.125. The maximum absolute atomic E-state index is 12.2. The minimum atomic E-state index is -0.819. The van der Waals surface area contributed by atoms with Gasteiger partial charge in [-0.25, -0.2) is 0 Å². The molecule has 10 heteroatoms. The second kappa shape index (κ2) is 9.70. The van der Waals surface area contributed by atoms with Crippen molar-refractivity contribution in [2.45, 2.75) is 13.0 Å². The molecule has 1 atom stereocenters. The summed E-state index contributed by atoms with van der Waals surface area (Å²) in [4.78, 5) is 12.2. The standard InChI is InChI=1S/C17H16Cl2N4O2S2/c1-9(25-14-7-2-10(18)8-13(14)19)15(24)23-17(27)22-12-5-3-11(4-6-12)21-16(20)26/h2-9H,1H3,(H3,20,21,26)(H2,22,23,24,27). The molecule has 0 heterocycles. The highest BCUT2D eigenvalue weighted by atomic mass is 35.5. The molecule has 0 fully saturated rings. The number of anilines is 2. The van der Waals surface area contributed by atoms with Crippen molar-refractivity contribution in [2.75, 3.05) is 10.6 Å². The van der Waals surface area contributed by atoms with Crippen molar-refractivity contribution in [2.24, 2.45) is 5.73 Å². The van der Waals surface area contributed by atoms with Gasteiger partial charge in [0.05, 0.1) is 5.02 Å². The van der Waals surface area contributed by atoms with Gasteiger partial charge in [0, 0.05) is 16.4 Å². The Morgan fingerprint density at radius 1 is 1.07 bits per heavy atom. The molecule has 142 valence electrons. The molecule has 0 spiro atoms. The Morgan fingerprint density at radius 2 is 1.67 bits per heavy atom. The van der Waals surface area contributed by atoms with Gasteiger partial charge in [0.15, 0.2) is 16.3 Å². The summed E-state index contributed by atoms with van der Waals surface area (Å²) < 4.78 is 5.54. The van der Waals surface area contributed by atoms with Gasteiger partial charge in [-0.05, 0) is 73.8 Å².